The first-order valence-electron chi connectivity index (χ1n) is 2.24. The quantitative estimate of drug-likeness (QED) is 0.416. The number of carbonyl (C=O) groups is 1. The Labute approximate surface area is 47.4 Å². The van der Waals surface area contributed by atoms with Crippen LogP contribution in [0.3, 0.4) is 0 Å². The normalized spacial score (nSPS) is 12.2. The topological polar surface area (TPSA) is 29.1 Å². The highest BCUT2D eigenvalue weighted by Gasteiger charge is 1.97. The summed E-state index contributed by atoms with van der Waals surface area (Å²) in [7, 11) is 0. The van der Waals surface area contributed by atoms with Crippen LogP contribution < -0.4 is 5.32 Å². The number of carbonyl (C=O) groups excluding carboxylic acids is 1. The number of amides is 1. The number of hydrogen-bond acceptors (Lipinski definition) is 1. The lowest BCUT2D eigenvalue weighted by molar-refractivity contribution is -0.117. The van der Waals surface area contributed by atoms with Crippen LogP contribution in [0.5, 0.6) is 0 Å². The fraction of sp³-hybridized carbons (Fsp3) is 0.400. The maximum Gasteiger partial charge on any atom is 0.245 e. The summed E-state index contributed by atoms with van der Waals surface area (Å²) in [5.41, 5.74) is 0. The Hall–Kier alpha value is -0.860. The highest BCUT2D eigenvalue weighted by atomic mass is 19.1. The van der Waals surface area contributed by atoms with E-state index in [1.807, 2.05) is 5.32 Å². The minimum Gasteiger partial charge on any atom is -0.323 e. The number of halogens is 1. The van der Waals surface area contributed by atoms with E-state index in [1.54, 1.807) is 0 Å². The van der Waals surface area contributed by atoms with E-state index in [0.29, 0.717) is 0 Å². The summed E-state index contributed by atoms with van der Waals surface area (Å²) in [6.07, 6.45) is -0.267. The molecule has 0 spiro atoms. The van der Waals surface area contributed by atoms with Crippen molar-refractivity contribution in [2.24, 2.45) is 0 Å². The number of rotatable bonds is 2. The molecule has 1 N–H and O–H groups in total. The summed E-state index contributed by atoms with van der Waals surface area (Å²) in [6.45, 7) is 4.37. The lowest BCUT2D eigenvalue weighted by Crippen LogP contribution is -2.26. The molecule has 0 aliphatic rings. The zero-order chi connectivity index (χ0) is 6.57. The van der Waals surface area contributed by atoms with E-state index in [9.17, 15) is 9.18 Å². The van der Waals surface area contributed by atoms with Crippen molar-refractivity contribution in [1.82, 2.24) is 5.32 Å². The molecule has 2 nitrogen and oxygen atoms in total. The Kier molecular flexibility index (Phi) is 2.84. The molecule has 0 bridgehead atoms. The maximum atomic E-state index is 11.8. The molecule has 0 saturated carbocycles. The molecule has 0 heterocycles. The fourth-order valence-electron chi connectivity index (χ4n) is 0.255. The first kappa shape index (κ1) is 7.14. The number of hydrogen-bond donors (Lipinski definition) is 1. The molecule has 0 fully saturated rings. The van der Waals surface area contributed by atoms with Crippen LogP contribution in [0.4, 0.5) is 4.39 Å². The monoisotopic (exact) mass is 117 g/mol. The van der Waals surface area contributed by atoms with Gasteiger partial charge in [-0.1, -0.05) is 6.58 Å². The second-order valence-corrected chi connectivity index (χ2v) is 1.33. The molecular formula is C5H8FNO. The largest absolute Gasteiger partial charge is 0.323 e. The predicted octanol–water partition coefficient (Wildman–Crippen LogP) is 0.604. The molecule has 8 heavy (non-hydrogen) atoms. The number of nitrogens with one attached hydrogen (secondary N) is 1. The van der Waals surface area contributed by atoms with Crippen LogP contribution in [-0.4, -0.2) is 12.2 Å². The van der Waals surface area contributed by atoms with Crippen molar-refractivity contribution in [2.75, 3.05) is 0 Å². The first-order chi connectivity index (χ1) is 3.66. The van der Waals surface area contributed by atoms with E-state index < -0.39 is 12.2 Å². The van der Waals surface area contributed by atoms with Gasteiger partial charge in [0, 0.05) is 0 Å². The molecule has 0 radical (unpaired) electrons. The van der Waals surface area contributed by atoms with Crippen molar-refractivity contribution >= 4 is 5.91 Å². The van der Waals surface area contributed by atoms with E-state index in [1.165, 1.54) is 6.92 Å². The van der Waals surface area contributed by atoms with Crippen molar-refractivity contribution in [2.45, 2.75) is 13.2 Å². The lowest BCUT2D eigenvalue weighted by atomic mass is 10.5. The van der Waals surface area contributed by atoms with Gasteiger partial charge in [0.15, 0.2) is 6.30 Å². The van der Waals surface area contributed by atoms with Gasteiger partial charge in [-0.25, -0.2) is 4.39 Å². The average molecular weight is 117 g/mol. The third kappa shape index (κ3) is 3.33. The van der Waals surface area contributed by atoms with Gasteiger partial charge < -0.3 is 5.32 Å². The summed E-state index contributed by atoms with van der Waals surface area (Å²) in [6, 6.07) is 0. The first-order valence-corrected chi connectivity index (χ1v) is 2.24. The van der Waals surface area contributed by atoms with E-state index in [4.69, 9.17) is 0 Å². The molecule has 46 valence electrons. The zero-order valence-electron chi connectivity index (χ0n) is 4.65. The van der Waals surface area contributed by atoms with Crippen LogP contribution in [0.15, 0.2) is 12.7 Å². The molecule has 0 aliphatic carbocycles. The van der Waals surface area contributed by atoms with Gasteiger partial charge in [0.05, 0.1) is 0 Å². The Morgan fingerprint density at radius 1 is 2.00 bits per heavy atom. The van der Waals surface area contributed by atoms with Crippen LogP contribution >= 0.6 is 0 Å². The van der Waals surface area contributed by atoms with Gasteiger partial charge in [-0.2, -0.15) is 0 Å². The van der Waals surface area contributed by atoms with E-state index in [2.05, 4.69) is 6.58 Å². The maximum absolute atomic E-state index is 11.8. The van der Waals surface area contributed by atoms with Crippen molar-refractivity contribution in [1.29, 1.82) is 0 Å². The lowest BCUT2D eigenvalue weighted by Gasteiger charge is -1.98. The molecule has 0 saturated heterocycles. The van der Waals surface area contributed by atoms with Gasteiger partial charge >= 0.3 is 0 Å². The Morgan fingerprint density at radius 3 is 2.62 bits per heavy atom. The summed E-state index contributed by atoms with van der Waals surface area (Å²) in [4.78, 5) is 10.2. The van der Waals surface area contributed by atoms with Crippen LogP contribution in [0, 0.1) is 0 Å². The minimum absolute atomic E-state index is 0.486. The standard InChI is InChI=1S/C5H8FNO/c1-3-5(8)7-4(2)6/h3-4H,1H2,2H3,(H,7,8). The minimum atomic E-state index is -1.29. The van der Waals surface area contributed by atoms with Crippen molar-refractivity contribution in [3.8, 4) is 0 Å². The predicted molar refractivity (Wildman–Crippen MR) is 28.9 cm³/mol. The van der Waals surface area contributed by atoms with E-state index >= 15 is 0 Å². The second kappa shape index (κ2) is 3.18. The van der Waals surface area contributed by atoms with Crippen LogP contribution in [0.25, 0.3) is 0 Å². The molecule has 0 rings (SSSR count). The summed E-state index contributed by atoms with van der Waals surface area (Å²) >= 11 is 0. The van der Waals surface area contributed by atoms with Crippen molar-refractivity contribution in [3.05, 3.63) is 12.7 Å². The molecule has 0 aromatic rings. The molecular weight excluding hydrogens is 109 g/mol. The molecule has 1 atom stereocenters. The van der Waals surface area contributed by atoms with Gasteiger partial charge in [0.2, 0.25) is 5.91 Å². The van der Waals surface area contributed by atoms with Gasteiger partial charge in [-0.3, -0.25) is 4.79 Å². The molecule has 0 aromatic carbocycles. The Morgan fingerprint density at radius 2 is 2.50 bits per heavy atom. The molecule has 3 heteroatoms. The smallest absolute Gasteiger partial charge is 0.245 e. The van der Waals surface area contributed by atoms with E-state index in [-0.39, 0.29) is 0 Å². The molecule has 1 unspecified atom stereocenters. The van der Waals surface area contributed by atoms with Crippen molar-refractivity contribution < 1.29 is 9.18 Å². The number of alkyl halides is 1. The zero-order valence-corrected chi connectivity index (χ0v) is 4.65. The third-order valence-corrected chi connectivity index (χ3v) is 0.527. The Balaban J connectivity index is 3.39. The summed E-state index contributed by atoms with van der Waals surface area (Å²) in [5, 5.41) is 1.97. The molecule has 0 aromatic heterocycles. The van der Waals surface area contributed by atoms with E-state index in [0.717, 1.165) is 6.08 Å². The highest BCUT2D eigenvalue weighted by molar-refractivity contribution is 5.86. The Bertz CT molecular complexity index is 101. The third-order valence-electron chi connectivity index (χ3n) is 0.527. The average Bonchev–Trinajstić information content (AvgIpc) is 1.65. The molecule has 0 aliphatic heterocycles. The van der Waals surface area contributed by atoms with Gasteiger partial charge in [0.25, 0.3) is 0 Å². The van der Waals surface area contributed by atoms with Gasteiger partial charge in [-0.05, 0) is 13.0 Å². The summed E-state index contributed by atoms with van der Waals surface area (Å²) in [5.74, 6) is -0.486. The van der Waals surface area contributed by atoms with Crippen LogP contribution in [0.2, 0.25) is 0 Å². The van der Waals surface area contributed by atoms with Crippen LogP contribution in [-0.2, 0) is 4.79 Å². The van der Waals surface area contributed by atoms with Crippen LogP contribution in [0.1, 0.15) is 6.92 Å². The highest BCUT2D eigenvalue weighted by Crippen LogP contribution is 1.79. The van der Waals surface area contributed by atoms with Gasteiger partial charge in [-0.15, -0.1) is 0 Å². The molecule has 1 amide bonds. The van der Waals surface area contributed by atoms with Crippen molar-refractivity contribution in [3.63, 3.8) is 0 Å². The van der Waals surface area contributed by atoms with Gasteiger partial charge in [0.1, 0.15) is 0 Å². The fourth-order valence-corrected chi connectivity index (χ4v) is 0.255. The SMILES string of the molecule is C=CC(=O)NC(C)F. The summed E-state index contributed by atoms with van der Waals surface area (Å²) < 4.78 is 11.8. The second-order valence-electron chi connectivity index (χ2n) is 1.33.